The van der Waals surface area contributed by atoms with Gasteiger partial charge in [-0.15, -0.1) is 12.4 Å². The molecule has 0 radical (unpaired) electrons. The molecule has 0 saturated carbocycles. The third-order valence-electron chi connectivity index (χ3n) is 3.91. The molecular formula is C15H29ClN4. The first-order valence-corrected chi connectivity index (χ1v) is 7.30. The molecule has 0 bridgehead atoms. The smallest absolute Gasteiger partial charge is 0.0641 e. The Morgan fingerprint density at radius 1 is 1.30 bits per heavy atom. The summed E-state index contributed by atoms with van der Waals surface area (Å²) in [6, 6.07) is 0.590. The summed E-state index contributed by atoms with van der Waals surface area (Å²) in [6.45, 7) is 17.6. The highest BCUT2D eigenvalue weighted by atomic mass is 35.5. The molecule has 1 aromatic heterocycles. The van der Waals surface area contributed by atoms with Gasteiger partial charge in [-0.05, 0) is 41.5 Å². The van der Waals surface area contributed by atoms with Gasteiger partial charge in [0.05, 0.1) is 11.2 Å². The predicted octanol–water partition coefficient (Wildman–Crippen LogP) is 2.47. The number of halogens is 1. The quantitative estimate of drug-likeness (QED) is 0.911. The average Bonchev–Trinajstić information content (AvgIpc) is 2.57. The van der Waals surface area contributed by atoms with Crippen LogP contribution in [0, 0.1) is 13.8 Å². The molecule has 0 aliphatic carbocycles. The van der Waals surface area contributed by atoms with Crippen molar-refractivity contribution in [3.63, 3.8) is 0 Å². The SMILES string of the molecule is Cc1nn(C(C)(C)C)c(C)c1CN1CCNC(C)C1.Cl. The largest absolute Gasteiger partial charge is 0.312 e. The van der Waals surface area contributed by atoms with Crippen molar-refractivity contribution in [2.45, 2.75) is 59.7 Å². The first-order valence-electron chi connectivity index (χ1n) is 7.30. The Balaban J connectivity index is 0.00000200. The van der Waals surface area contributed by atoms with E-state index in [9.17, 15) is 0 Å². The Bertz CT molecular complexity index is 447. The molecule has 1 aliphatic heterocycles. The van der Waals surface area contributed by atoms with E-state index in [-0.39, 0.29) is 17.9 Å². The van der Waals surface area contributed by atoms with Gasteiger partial charge in [-0.25, -0.2) is 0 Å². The van der Waals surface area contributed by atoms with Gasteiger partial charge in [0.1, 0.15) is 0 Å². The second kappa shape index (κ2) is 6.46. The van der Waals surface area contributed by atoms with Crippen LogP contribution in [0.4, 0.5) is 0 Å². The van der Waals surface area contributed by atoms with Gasteiger partial charge < -0.3 is 5.32 Å². The number of aryl methyl sites for hydroxylation is 1. The molecule has 0 amide bonds. The normalized spacial score (nSPS) is 20.8. The number of aromatic nitrogens is 2. The lowest BCUT2D eigenvalue weighted by molar-refractivity contribution is 0.199. The fraction of sp³-hybridized carbons (Fsp3) is 0.800. The van der Waals surface area contributed by atoms with Gasteiger partial charge in [-0.3, -0.25) is 9.58 Å². The molecule has 116 valence electrons. The molecule has 1 fully saturated rings. The maximum Gasteiger partial charge on any atom is 0.0641 e. The van der Waals surface area contributed by atoms with E-state index in [0.717, 1.165) is 26.2 Å². The van der Waals surface area contributed by atoms with E-state index in [1.807, 2.05) is 0 Å². The van der Waals surface area contributed by atoms with Crippen LogP contribution in [0.2, 0.25) is 0 Å². The summed E-state index contributed by atoms with van der Waals surface area (Å²) in [5, 5.41) is 8.23. The summed E-state index contributed by atoms with van der Waals surface area (Å²) in [5.41, 5.74) is 3.96. The Hall–Kier alpha value is -0.580. The summed E-state index contributed by atoms with van der Waals surface area (Å²) >= 11 is 0. The van der Waals surface area contributed by atoms with E-state index in [0.29, 0.717) is 6.04 Å². The lowest BCUT2D eigenvalue weighted by Gasteiger charge is -2.32. The van der Waals surface area contributed by atoms with Crippen molar-refractivity contribution in [3.05, 3.63) is 17.0 Å². The zero-order valence-electron chi connectivity index (χ0n) is 13.7. The van der Waals surface area contributed by atoms with Crippen molar-refractivity contribution in [1.29, 1.82) is 0 Å². The zero-order valence-corrected chi connectivity index (χ0v) is 14.5. The van der Waals surface area contributed by atoms with E-state index >= 15 is 0 Å². The van der Waals surface area contributed by atoms with Gasteiger partial charge >= 0.3 is 0 Å². The van der Waals surface area contributed by atoms with E-state index in [2.05, 4.69) is 56.4 Å². The summed E-state index contributed by atoms with van der Waals surface area (Å²) in [5.74, 6) is 0. The standard InChI is InChI=1S/C15H28N4.ClH/c1-11-9-18(8-7-16-11)10-14-12(2)17-19(13(14)3)15(4,5)6;/h11,16H,7-10H2,1-6H3;1H. The first kappa shape index (κ1) is 17.5. The Kier molecular flexibility index (Phi) is 5.64. The molecule has 20 heavy (non-hydrogen) atoms. The van der Waals surface area contributed by atoms with Crippen LogP contribution in [0.15, 0.2) is 0 Å². The highest BCUT2D eigenvalue weighted by molar-refractivity contribution is 5.85. The second-order valence-electron chi connectivity index (χ2n) is 6.82. The maximum absolute atomic E-state index is 4.74. The Labute approximate surface area is 129 Å². The summed E-state index contributed by atoms with van der Waals surface area (Å²) in [4.78, 5) is 2.53. The zero-order chi connectivity index (χ0) is 14.2. The maximum atomic E-state index is 4.74. The third kappa shape index (κ3) is 3.74. The van der Waals surface area contributed by atoms with Crippen LogP contribution < -0.4 is 5.32 Å². The van der Waals surface area contributed by atoms with E-state index in [4.69, 9.17) is 5.10 Å². The van der Waals surface area contributed by atoms with Gasteiger partial charge in [-0.1, -0.05) is 0 Å². The van der Waals surface area contributed by atoms with Gasteiger partial charge in [0.2, 0.25) is 0 Å². The van der Waals surface area contributed by atoms with Crippen molar-refractivity contribution in [1.82, 2.24) is 20.0 Å². The van der Waals surface area contributed by atoms with Crippen molar-refractivity contribution in [2.24, 2.45) is 0 Å². The number of nitrogens with zero attached hydrogens (tertiary/aromatic N) is 3. The van der Waals surface area contributed by atoms with Crippen molar-refractivity contribution in [2.75, 3.05) is 19.6 Å². The fourth-order valence-electron chi connectivity index (χ4n) is 2.94. The molecule has 2 rings (SSSR count). The number of hydrogen-bond donors (Lipinski definition) is 1. The second-order valence-corrected chi connectivity index (χ2v) is 6.82. The van der Waals surface area contributed by atoms with Crippen LogP contribution >= 0.6 is 12.4 Å². The fourth-order valence-corrected chi connectivity index (χ4v) is 2.94. The number of nitrogens with one attached hydrogen (secondary N) is 1. The monoisotopic (exact) mass is 300 g/mol. The molecule has 1 N–H and O–H groups in total. The van der Waals surface area contributed by atoms with Crippen LogP contribution in [-0.4, -0.2) is 40.4 Å². The van der Waals surface area contributed by atoms with Crippen LogP contribution in [0.25, 0.3) is 0 Å². The van der Waals surface area contributed by atoms with Crippen molar-refractivity contribution in [3.8, 4) is 0 Å². The number of rotatable bonds is 2. The molecule has 1 saturated heterocycles. The topological polar surface area (TPSA) is 33.1 Å². The van der Waals surface area contributed by atoms with Gasteiger partial charge in [-0.2, -0.15) is 5.10 Å². The summed E-state index contributed by atoms with van der Waals surface area (Å²) in [7, 11) is 0. The predicted molar refractivity (Wildman–Crippen MR) is 86.7 cm³/mol. The third-order valence-corrected chi connectivity index (χ3v) is 3.91. The molecule has 0 aromatic carbocycles. The van der Waals surface area contributed by atoms with Crippen molar-refractivity contribution >= 4 is 12.4 Å². The number of piperazine rings is 1. The first-order chi connectivity index (χ1) is 8.79. The Morgan fingerprint density at radius 2 is 1.95 bits per heavy atom. The van der Waals surface area contributed by atoms with Crippen LogP contribution in [0.3, 0.4) is 0 Å². The molecular weight excluding hydrogens is 272 g/mol. The summed E-state index contributed by atoms with van der Waals surface area (Å²) < 4.78 is 2.17. The van der Waals surface area contributed by atoms with Gasteiger partial charge in [0, 0.05) is 43.5 Å². The molecule has 1 atom stereocenters. The van der Waals surface area contributed by atoms with Crippen molar-refractivity contribution < 1.29 is 0 Å². The molecule has 1 aromatic rings. The van der Waals surface area contributed by atoms with E-state index in [1.165, 1.54) is 17.0 Å². The lowest BCUT2D eigenvalue weighted by atomic mass is 10.1. The molecule has 4 nitrogen and oxygen atoms in total. The minimum absolute atomic E-state index is 0. The highest BCUT2D eigenvalue weighted by Crippen LogP contribution is 2.22. The Morgan fingerprint density at radius 3 is 2.45 bits per heavy atom. The lowest BCUT2D eigenvalue weighted by Crippen LogP contribution is -2.48. The van der Waals surface area contributed by atoms with Crippen LogP contribution in [0.5, 0.6) is 0 Å². The highest BCUT2D eigenvalue weighted by Gasteiger charge is 2.23. The van der Waals surface area contributed by atoms with E-state index < -0.39 is 0 Å². The molecule has 2 heterocycles. The molecule has 5 heteroatoms. The van der Waals surface area contributed by atoms with E-state index in [1.54, 1.807) is 0 Å². The minimum atomic E-state index is 0. The molecule has 1 unspecified atom stereocenters. The molecule has 1 aliphatic rings. The molecule has 0 spiro atoms. The van der Waals surface area contributed by atoms with Crippen LogP contribution in [-0.2, 0) is 12.1 Å². The summed E-state index contributed by atoms with van der Waals surface area (Å²) in [6.07, 6.45) is 0. The minimum Gasteiger partial charge on any atom is -0.312 e. The number of hydrogen-bond acceptors (Lipinski definition) is 3. The average molecular weight is 301 g/mol. The van der Waals surface area contributed by atoms with Gasteiger partial charge in [0.25, 0.3) is 0 Å². The van der Waals surface area contributed by atoms with Crippen LogP contribution in [0.1, 0.15) is 44.6 Å². The van der Waals surface area contributed by atoms with Gasteiger partial charge in [0.15, 0.2) is 0 Å².